The number of benzene rings is 2. The first-order valence-electron chi connectivity index (χ1n) is 16.1. The number of fused-ring (bicyclic) bond motifs is 4. The molecule has 2 aromatic rings. The molecule has 1 amide bonds. The average Bonchev–Trinajstić information content (AvgIpc) is 3.74. The molecule has 2 bridgehead atoms. The molecule has 9 heteroatoms. The first-order chi connectivity index (χ1) is 21.0. The molecule has 2 spiro atoms. The fraction of sp³-hybridized carbons (Fsp3) is 0.571. The van der Waals surface area contributed by atoms with E-state index >= 15 is 0 Å². The summed E-state index contributed by atoms with van der Waals surface area (Å²) in [6.07, 6.45) is 11.6. The lowest BCUT2D eigenvalue weighted by Crippen LogP contribution is -2.51. The summed E-state index contributed by atoms with van der Waals surface area (Å²) in [4.78, 5) is 15.6. The van der Waals surface area contributed by atoms with Gasteiger partial charge in [0.05, 0.1) is 23.3 Å². The van der Waals surface area contributed by atoms with Crippen LogP contribution in [0, 0.1) is 29.1 Å². The van der Waals surface area contributed by atoms with E-state index in [1.54, 1.807) is 32.2 Å². The van der Waals surface area contributed by atoms with Crippen LogP contribution in [-0.2, 0) is 31.4 Å². The first-order valence-corrected chi connectivity index (χ1v) is 17.9. The third kappa shape index (κ3) is 5.35. The number of carbonyl (C=O) groups is 1. The van der Waals surface area contributed by atoms with Gasteiger partial charge in [0.15, 0.2) is 0 Å². The lowest BCUT2D eigenvalue weighted by molar-refractivity contribution is -0.124. The van der Waals surface area contributed by atoms with Crippen LogP contribution in [0.3, 0.4) is 0 Å². The van der Waals surface area contributed by atoms with Crippen LogP contribution >= 0.6 is 11.6 Å². The third-order valence-electron chi connectivity index (χ3n) is 11.4. The molecule has 2 aromatic carbocycles. The predicted octanol–water partition coefficient (Wildman–Crippen LogP) is 6.28. The van der Waals surface area contributed by atoms with Gasteiger partial charge in [-0.3, -0.25) is 4.79 Å². The van der Waals surface area contributed by atoms with Gasteiger partial charge in [0.1, 0.15) is 5.75 Å². The molecule has 0 radical (unpaired) electrons. The van der Waals surface area contributed by atoms with E-state index in [-0.39, 0.29) is 27.7 Å². The van der Waals surface area contributed by atoms with Crippen molar-refractivity contribution in [3.8, 4) is 5.75 Å². The van der Waals surface area contributed by atoms with Crippen molar-refractivity contribution in [2.24, 2.45) is 29.1 Å². The highest BCUT2D eigenvalue weighted by atomic mass is 35.5. The standard InChI is InChI=1S/C35H43ClN2O5S/c1-22-5-4-6-31(42-3)28-10-7-24(28)18-38-20-35(19-34(13-14-34)17-25-15-26(36)8-11-29(25)35)21-43-32-12-9-27(16-30(32)38)44(40,41)37-33(39)23(22)2/h4,6,8-9,11-12,15-16,22-24,28,31H,5,7,10,13-14,17-21H2,1-3H3,(H,37,39)/b6-4+/t22-,23+,24-,28+,31-,35-/m0/s1. The van der Waals surface area contributed by atoms with Gasteiger partial charge in [-0.05, 0) is 110 Å². The Kier molecular flexibility index (Phi) is 7.57. The van der Waals surface area contributed by atoms with E-state index in [9.17, 15) is 13.2 Å². The smallest absolute Gasteiger partial charge is 0.264 e. The van der Waals surface area contributed by atoms with Gasteiger partial charge >= 0.3 is 0 Å². The summed E-state index contributed by atoms with van der Waals surface area (Å²) in [5.41, 5.74) is 3.39. The van der Waals surface area contributed by atoms with Crippen LogP contribution in [0.2, 0.25) is 5.02 Å². The molecule has 2 heterocycles. The highest BCUT2D eigenvalue weighted by molar-refractivity contribution is 7.90. The van der Waals surface area contributed by atoms with Crippen molar-refractivity contribution >= 4 is 33.2 Å². The Balaban J connectivity index is 1.33. The SMILES string of the molecule is CO[C@H]1/C=C/C[C@H](C)[C@@H](C)C(=O)NS(=O)(=O)c2ccc3c(c2)N(C[C@@H]2CC[C@H]21)C[C@]1(CO3)CC2(CC2)Cc2cc(Cl)ccc21. The zero-order valence-corrected chi connectivity index (χ0v) is 27.4. The second-order valence-electron chi connectivity index (χ2n) is 14.3. The topological polar surface area (TPSA) is 84.9 Å². The molecular formula is C35H43ClN2O5S. The van der Waals surface area contributed by atoms with Crippen LogP contribution in [0.15, 0.2) is 53.4 Å². The molecule has 1 N–H and O–H groups in total. The number of carbonyl (C=O) groups excluding carboxylic acids is 1. The largest absolute Gasteiger partial charge is 0.490 e. The summed E-state index contributed by atoms with van der Waals surface area (Å²) < 4.78 is 42.2. The van der Waals surface area contributed by atoms with Gasteiger partial charge in [0.2, 0.25) is 5.91 Å². The van der Waals surface area contributed by atoms with E-state index in [0.29, 0.717) is 30.6 Å². The molecule has 2 fully saturated rings. The Morgan fingerprint density at radius 2 is 1.93 bits per heavy atom. The van der Waals surface area contributed by atoms with Crippen LogP contribution in [-0.4, -0.2) is 47.2 Å². The minimum atomic E-state index is -4.08. The number of amides is 1. The number of ether oxygens (including phenoxy) is 2. The molecule has 2 aliphatic heterocycles. The number of allylic oxidation sites excluding steroid dienone is 1. The molecule has 0 saturated heterocycles. The quantitative estimate of drug-likeness (QED) is 0.370. The summed E-state index contributed by atoms with van der Waals surface area (Å²) >= 11 is 6.51. The molecule has 7 nitrogen and oxygen atoms in total. The second-order valence-corrected chi connectivity index (χ2v) is 16.5. The third-order valence-corrected chi connectivity index (χ3v) is 13.0. The molecule has 44 heavy (non-hydrogen) atoms. The van der Waals surface area contributed by atoms with Crippen LogP contribution in [0.25, 0.3) is 0 Å². The van der Waals surface area contributed by atoms with Gasteiger partial charge < -0.3 is 14.4 Å². The predicted molar refractivity (Wildman–Crippen MR) is 172 cm³/mol. The van der Waals surface area contributed by atoms with Gasteiger partial charge in [0.25, 0.3) is 10.0 Å². The first kappa shape index (κ1) is 30.1. The van der Waals surface area contributed by atoms with Crippen molar-refractivity contribution < 1.29 is 22.7 Å². The number of nitrogens with one attached hydrogen (secondary N) is 1. The Hall–Kier alpha value is -2.55. The van der Waals surface area contributed by atoms with Crippen molar-refractivity contribution in [3.63, 3.8) is 0 Å². The van der Waals surface area contributed by atoms with Crippen LogP contribution in [0.4, 0.5) is 5.69 Å². The molecule has 5 aliphatic rings. The molecule has 7 rings (SSSR count). The number of methoxy groups -OCH3 is 1. The zero-order chi connectivity index (χ0) is 30.9. The molecule has 2 saturated carbocycles. The minimum Gasteiger partial charge on any atom is -0.490 e. The van der Waals surface area contributed by atoms with E-state index in [0.717, 1.165) is 49.5 Å². The molecular weight excluding hydrogens is 596 g/mol. The summed E-state index contributed by atoms with van der Waals surface area (Å²) in [6, 6.07) is 11.4. The van der Waals surface area contributed by atoms with E-state index < -0.39 is 21.8 Å². The van der Waals surface area contributed by atoms with E-state index in [1.807, 2.05) is 13.0 Å². The number of halogens is 1. The monoisotopic (exact) mass is 638 g/mol. The number of sulfonamides is 1. The molecule has 0 aromatic heterocycles. The Bertz CT molecular complexity index is 1600. The van der Waals surface area contributed by atoms with Crippen molar-refractivity contribution in [3.05, 3.63) is 64.7 Å². The van der Waals surface area contributed by atoms with E-state index in [2.05, 4.69) is 33.9 Å². The average molecular weight is 639 g/mol. The lowest BCUT2D eigenvalue weighted by Gasteiger charge is -2.47. The Morgan fingerprint density at radius 1 is 1.11 bits per heavy atom. The van der Waals surface area contributed by atoms with Gasteiger partial charge in [-0.1, -0.05) is 43.7 Å². The summed E-state index contributed by atoms with van der Waals surface area (Å²) in [5.74, 6) is 0.437. The van der Waals surface area contributed by atoms with Crippen molar-refractivity contribution in [2.75, 3.05) is 31.7 Å². The number of anilines is 1. The van der Waals surface area contributed by atoms with Crippen molar-refractivity contribution in [1.82, 2.24) is 4.72 Å². The highest BCUT2D eigenvalue weighted by Crippen LogP contribution is 2.61. The van der Waals surface area contributed by atoms with Crippen LogP contribution in [0.5, 0.6) is 5.75 Å². The normalized spacial score (nSPS) is 34.5. The fourth-order valence-corrected chi connectivity index (χ4v) is 9.60. The maximum absolute atomic E-state index is 13.6. The molecule has 6 atom stereocenters. The summed E-state index contributed by atoms with van der Waals surface area (Å²) in [7, 11) is -2.30. The van der Waals surface area contributed by atoms with E-state index in [1.165, 1.54) is 24.0 Å². The highest BCUT2D eigenvalue weighted by Gasteiger charge is 2.55. The van der Waals surface area contributed by atoms with Gasteiger partial charge in [-0.25, -0.2) is 13.1 Å². The minimum absolute atomic E-state index is 0.00589. The summed E-state index contributed by atoms with van der Waals surface area (Å²) in [5, 5.41) is 0.760. The second kappa shape index (κ2) is 11.1. The Morgan fingerprint density at radius 3 is 2.66 bits per heavy atom. The molecule has 236 valence electrons. The van der Waals surface area contributed by atoms with Crippen LogP contribution in [0.1, 0.15) is 63.5 Å². The number of nitrogens with zero attached hydrogens (tertiary/aromatic N) is 1. The van der Waals surface area contributed by atoms with Crippen LogP contribution < -0.4 is 14.4 Å². The zero-order valence-electron chi connectivity index (χ0n) is 25.9. The fourth-order valence-electron chi connectivity index (χ4n) is 8.32. The number of hydrogen-bond acceptors (Lipinski definition) is 6. The Labute approximate surface area is 266 Å². The lowest BCUT2D eigenvalue weighted by atomic mass is 9.64. The van der Waals surface area contributed by atoms with Gasteiger partial charge in [-0.15, -0.1) is 0 Å². The maximum Gasteiger partial charge on any atom is 0.264 e. The summed E-state index contributed by atoms with van der Waals surface area (Å²) in [6.45, 7) is 5.78. The molecule has 3 aliphatic carbocycles. The van der Waals surface area contributed by atoms with Crippen molar-refractivity contribution in [1.29, 1.82) is 0 Å². The maximum atomic E-state index is 13.6. The number of rotatable bonds is 1. The van der Waals surface area contributed by atoms with Gasteiger partial charge in [0, 0.05) is 36.6 Å². The number of hydrogen-bond donors (Lipinski definition) is 1. The van der Waals surface area contributed by atoms with Gasteiger partial charge in [-0.2, -0.15) is 0 Å². The van der Waals surface area contributed by atoms with E-state index in [4.69, 9.17) is 21.1 Å². The van der Waals surface area contributed by atoms with Crippen molar-refractivity contribution in [2.45, 2.75) is 75.2 Å². The molecule has 0 unspecified atom stereocenters.